The number of nitrogens with one attached hydrogen (secondary N) is 1. The molecule has 0 radical (unpaired) electrons. The van der Waals surface area contributed by atoms with Crippen LogP contribution in [0.15, 0.2) is 48.8 Å². The van der Waals surface area contributed by atoms with Crippen LogP contribution in [0.4, 0.5) is 10.5 Å². The van der Waals surface area contributed by atoms with E-state index in [0.29, 0.717) is 32.1 Å². The summed E-state index contributed by atoms with van der Waals surface area (Å²) >= 11 is 1.66. The van der Waals surface area contributed by atoms with Gasteiger partial charge in [-0.25, -0.2) is 4.79 Å². The van der Waals surface area contributed by atoms with Crippen molar-refractivity contribution in [3.8, 4) is 0 Å². The van der Waals surface area contributed by atoms with Crippen LogP contribution in [0.3, 0.4) is 0 Å². The summed E-state index contributed by atoms with van der Waals surface area (Å²) in [5.41, 5.74) is 3.21. The highest BCUT2D eigenvalue weighted by molar-refractivity contribution is 8.01. The van der Waals surface area contributed by atoms with E-state index in [1.807, 2.05) is 45.0 Å². The highest BCUT2D eigenvalue weighted by atomic mass is 32.2. The predicted molar refractivity (Wildman–Crippen MR) is 154 cm³/mol. The molecule has 2 unspecified atom stereocenters. The van der Waals surface area contributed by atoms with Gasteiger partial charge in [0.05, 0.1) is 10.6 Å². The maximum Gasteiger partial charge on any atom is 0.322 e. The van der Waals surface area contributed by atoms with Crippen LogP contribution in [0.2, 0.25) is 0 Å². The molecule has 8 nitrogen and oxygen atoms in total. The fourth-order valence-corrected chi connectivity index (χ4v) is 7.60. The quantitative estimate of drug-likeness (QED) is 0.527. The van der Waals surface area contributed by atoms with E-state index in [-0.39, 0.29) is 40.9 Å². The van der Waals surface area contributed by atoms with Gasteiger partial charge in [0.2, 0.25) is 11.8 Å². The molecule has 0 bridgehead atoms. The first-order chi connectivity index (χ1) is 18.9. The summed E-state index contributed by atoms with van der Waals surface area (Å²) in [4.78, 5) is 49.6. The van der Waals surface area contributed by atoms with E-state index in [1.165, 1.54) is 0 Å². The minimum absolute atomic E-state index is 0.0475. The maximum atomic E-state index is 13.4. The van der Waals surface area contributed by atoms with Gasteiger partial charge in [0.25, 0.3) is 0 Å². The third-order valence-electron chi connectivity index (χ3n) is 8.05. The summed E-state index contributed by atoms with van der Waals surface area (Å²) in [6.07, 6.45) is 7.86. The zero-order valence-electron chi connectivity index (χ0n) is 22.9. The maximum absolute atomic E-state index is 13.4. The molecule has 4 amide bonds. The van der Waals surface area contributed by atoms with Crippen molar-refractivity contribution in [2.75, 3.05) is 31.5 Å². The van der Waals surface area contributed by atoms with Crippen LogP contribution in [0.1, 0.15) is 50.7 Å². The Kier molecular flexibility index (Phi) is 8.75. The zero-order chi connectivity index (χ0) is 27.4. The first-order valence-corrected chi connectivity index (χ1v) is 15.1. The highest BCUT2D eigenvalue weighted by Crippen LogP contribution is 2.37. The second-order valence-electron chi connectivity index (χ2n) is 11.2. The van der Waals surface area contributed by atoms with Crippen LogP contribution in [-0.2, 0) is 22.4 Å². The van der Waals surface area contributed by atoms with E-state index in [0.717, 1.165) is 48.9 Å². The Bertz CT molecular complexity index is 1170. The van der Waals surface area contributed by atoms with Gasteiger partial charge in [-0.1, -0.05) is 32.0 Å². The van der Waals surface area contributed by atoms with Crippen molar-refractivity contribution in [1.82, 2.24) is 19.7 Å². The molecule has 0 aliphatic carbocycles. The van der Waals surface area contributed by atoms with Crippen molar-refractivity contribution < 1.29 is 14.4 Å². The molecule has 3 aliphatic heterocycles. The number of fused-ring (bicyclic) bond motifs is 1. The molecule has 39 heavy (non-hydrogen) atoms. The number of amides is 4. The van der Waals surface area contributed by atoms with Crippen molar-refractivity contribution in [1.29, 1.82) is 0 Å². The Morgan fingerprint density at radius 1 is 1.08 bits per heavy atom. The second kappa shape index (κ2) is 12.4. The van der Waals surface area contributed by atoms with Gasteiger partial charge in [0.15, 0.2) is 0 Å². The van der Waals surface area contributed by atoms with Gasteiger partial charge >= 0.3 is 6.03 Å². The number of nitrogens with zero attached hydrogens (tertiary/aromatic N) is 4. The number of hydrogen-bond acceptors (Lipinski definition) is 5. The van der Waals surface area contributed by atoms with Crippen LogP contribution in [0.5, 0.6) is 0 Å². The number of aromatic nitrogens is 1. The number of hydrogen-bond donors (Lipinski definition) is 1. The molecule has 208 valence electrons. The molecule has 9 heteroatoms. The summed E-state index contributed by atoms with van der Waals surface area (Å²) in [5, 5.41) is 2.84. The molecular formula is C30H39N5O3S. The number of rotatable bonds is 8. The SMILES string of the molecule is CC(C)CC1SC(CC(=O)N2CCC(N3CCc4ccccc4NC3=O)CC2)C(=O)N1CCc1ccncc1. The van der Waals surface area contributed by atoms with Crippen molar-refractivity contribution in [2.45, 2.75) is 69.0 Å². The summed E-state index contributed by atoms with van der Waals surface area (Å²) in [5.74, 6) is 0.603. The molecule has 1 aromatic heterocycles. The number of likely N-dealkylation sites (tertiary alicyclic amines) is 1. The van der Waals surface area contributed by atoms with Crippen molar-refractivity contribution in [3.05, 3.63) is 59.9 Å². The van der Waals surface area contributed by atoms with E-state index in [2.05, 4.69) is 30.2 Å². The van der Waals surface area contributed by atoms with Gasteiger partial charge < -0.3 is 20.0 Å². The van der Waals surface area contributed by atoms with Gasteiger partial charge in [0.1, 0.15) is 0 Å². The molecule has 1 N–H and O–H groups in total. The minimum Gasteiger partial charge on any atom is -0.342 e. The van der Waals surface area contributed by atoms with Gasteiger partial charge in [0, 0.05) is 56.7 Å². The molecule has 2 atom stereocenters. The Hall–Kier alpha value is -3.07. The standard InChI is InChI=1S/C30H39N5O3S/c1-21(2)19-28-35(17-9-22-7-13-31-14-8-22)29(37)26(39-28)20-27(36)33-15-11-24(12-16-33)34-18-10-23-5-3-4-6-25(23)32-30(34)38/h3-8,13-14,21,24,26,28H,9-12,15-20H2,1-2H3,(H,32,38). The number of carbonyl (C=O) groups excluding carboxylic acids is 3. The Morgan fingerprint density at radius 2 is 1.82 bits per heavy atom. The average Bonchev–Trinajstić information content (AvgIpc) is 3.10. The number of pyridine rings is 1. The van der Waals surface area contributed by atoms with Crippen molar-refractivity contribution in [2.24, 2.45) is 5.92 Å². The van der Waals surface area contributed by atoms with Gasteiger partial charge in [-0.3, -0.25) is 14.6 Å². The lowest BCUT2D eigenvalue weighted by atomic mass is 10.0. The number of thioether (sulfide) groups is 1. The molecule has 2 saturated heterocycles. The average molecular weight is 550 g/mol. The predicted octanol–water partition coefficient (Wildman–Crippen LogP) is 4.41. The van der Waals surface area contributed by atoms with E-state index < -0.39 is 0 Å². The Morgan fingerprint density at radius 3 is 2.56 bits per heavy atom. The first-order valence-electron chi connectivity index (χ1n) is 14.2. The number of para-hydroxylation sites is 1. The molecule has 2 fully saturated rings. The summed E-state index contributed by atoms with van der Waals surface area (Å²) in [7, 11) is 0. The van der Waals surface area contributed by atoms with E-state index in [4.69, 9.17) is 0 Å². The van der Waals surface area contributed by atoms with Crippen molar-refractivity contribution >= 4 is 35.3 Å². The zero-order valence-corrected chi connectivity index (χ0v) is 23.7. The van der Waals surface area contributed by atoms with Crippen LogP contribution < -0.4 is 5.32 Å². The summed E-state index contributed by atoms with van der Waals surface area (Å²) in [6.45, 7) is 6.93. The Labute approximate surface area is 235 Å². The fourth-order valence-electron chi connectivity index (χ4n) is 5.88. The number of piperidine rings is 1. The summed E-state index contributed by atoms with van der Waals surface area (Å²) in [6, 6.07) is 12.0. The molecule has 4 heterocycles. The third kappa shape index (κ3) is 6.57. The topological polar surface area (TPSA) is 85.8 Å². The lowest BCUT2D eigenvalue weighted by Gasteiger charge is -2.38. The van der Waals surface area contributed by atoms with E-state index in [9.17, 15) is 14.4 Å². The van der Waals surface area contributed by atoms with Crippen LogP contribution in [-0.4, -0.2) is 80.4 Å². The number of anilines is 1. The lowest BCUT2D eigenvalue weighted by molar-refractivity contribution is -0.136. The fraction of sp³-hybridized carbons (Fsp3) is 0.533. The lowest BCUT2D eigenvalue weighted by Crippen LogP contribution is -2.50. The third-order valence-corrected chi connectivity index (χ3v) is 9.51. The smallest absolute Gasteiger partial charge is 0.322 e. The number of carbonyl (C=O) groups is 3. The molecule has 3 aliphatic rings. The van der Waals surface area contributed by atoms with Gasteiger partial charge in [-0.15, -0.1) is 11.8 Å². The van der Waals surface area contributed by atoms with Crippen LogP contribution >= 0.6 is 11.8 Å². The second-order valence-corrected chi connectivity index (χ2v) is 12.6. The normalized spacial score (nSPS) is 22.2. The molecule has 1 aromatic carbocycles. The monoisotopic (exact) mass is 549 g/mol. The van der Waals surface area contributed by atoms with E-state index in [1.54, 1.807) is 24.2 Å². The van der Waals surface area contributed by atoms with E-state index >= 15 is 0 Å². The van der Waals surface area contributed by atoms with Crippen LogP contribution in [0.25, 0.3) is 0 Å². The van der Waals surface area contributed by atoms with Gasteiger partial charge in [-0.2, -0.15) is 0 Å². The highest BCUT2D eigenvalue weighted by Gasteiger charge is 2.42. The minimum atomic E-state index is -0.327. The molecular weight excluding hydrogens is 510 g/mol. The molecule has 5 rings (SSSR count). The molecule has 0 saturated carbocycles. The van der Waals surface area contributed by atoms with Crippen LogP contribution in [0, 0.1) is 5.92 Å². The van der Waals surface area contributed by atoms with Crippen molar-refractivity contribution in [3.63, 3.8) is 0 Å². The number of urea groups is 1. The number of benzene rings is 1. The summed E-state index contributed by atoms with van der Waals surface area (Å²) < 4.78 is 0. The largest absolute Gasteiger partial charge is 0.342 e. The molecule has 0 spiro atoms. The Balaban J connectivity index is 1.14. The molecule has 2 aromatic rings. The van der Waals surface area contributed by atoms with Gasteiger partial charge in [-0.05, 0) is 67.3 Å². The first kappa shape index (κ1) is 27.5.